The van der Waals surface area contributed by atoms with Gasteiger partial charge >= 0.3 is 5.97 Å². The molecule has 2 N–H and O–H groups in total. The van der Waals surface area contributed by atoms with Crippen LogP contribution in [-0.2, 0) is 4.79 Å². The fourth-order valence-electron chi connectivity index (χ4n) is 0.185. The normalized spacial score (nSPS) is 10.8. The van der Waals surface area contributed by atoms with Gasteiger partial charge in [-0.1, -0.05) is 6.58 Å². The zero-order chi connectivity index (χ0) is 6.57. The number of allylic oxidation sites excluding steroid dienone is 1. The van der Waals surface area contributed by atoms with E-state index in [9.17, 15) is 4.79 Å². The van der Waals surface area contributed by atoms with E-state index in [1.165, 1.54) is 0 Å². The number of rotatable bonds is 2. The Bertz CT molecular complexity index is 135. The predicted molar refractivity (Wildman–Crippen MR) is 28.5 cm³/mol. The van der Waals surface area contributed by atoms with E-state index in [4.69, 9.17) is 10.2 Å². The Morgan fingerprint density at radius 2 is 2.00 bits per heavy atom. The number of carbonyl (C=O) groups is 1. The second kappa shape index (κ2) is 2.85. The SMILES string of the molecule is C=C/C(O)=C\C(=O)O. The molecular weight excluding hydrogens is 108 g/mol. The first-order valence-corrected chi connectivity index (χ1v) is 1.93. The lowest BCUT2D eigenvalue weighted by molar-refractivity contribution is -0.131. The molecular formula is C5H6O3. The molecule has 0 fully saturated rings. The van der Waals surface area contributed by atoms with Crippen molar-refractivity contribution < 1.29 is 15.0 Å². The molecule has 0 rings (SSSR count). The van der Waals surface area contributed by atoms with Crippen molar-refractivity contribution in [3.8, 4) is 0 Å². The van der Waals surface area contributed by atoms with Crippen LogP contribution in [0.5, 0.6) is 0 Å². The van der Waals surface area contributed by atoms with E-state index < -0.39 is 5.97 Å². The minimum Gasteiger partial charge on any atom is -0.508 e. The van der Waals surface area contributed by atoms with Crippen LogP contribution in [0.25, 0.3) is 0 Å². The molecule has 44 valence electrons. The number of aliphatic carboxylic acids is 1. The summed E-state index contributed by atoms with van der Waals surface area (Å²) in [7, 11) is 0. The van der Waals surface area contributed by atoms with Crippen molar-refractivity contribution in [1.29, 1.82) is 0 Å². The Kier molecular flexibility index (Phi) is 2.40. The zero-order valence-corrected chi connectivity index (χ0v) is 4.16. The number of aliphatic hydroxyl groups is 1. The molecule has 0 saturated carbocycles. The maximum absolute atomic E-state index is 9.68. The van der Waals surface area contributed by atoms with Gasteiger partial charge in [0, 0.05) is 0 Å². The van der Waals surface area contributed by atoms with Gasteiger partial charge in [0.15, 0.2) is 0 Å². The highest BCUT2D eigenvalue weighted by Gasteiger charge is 1.88. The Balaban J connectivity index is 3.94. The van der Waals surface area contributed by atoms with Crippen LogP contribution in [-0.4, -0.2) is 16.2 Å². The number of hydrogen-bond donors (Lipinski definition) is 2. The number of hydrogen-bond acceptors (Lipinski definition) is 2. The molecule has 0 aliphatic carbocycles. The summed E-state index contributed by atoms with van der Waals surface area (Å²) in [5.74, 6) is -1.51. The molecule has 0 heterocycles. The van der Waals surface area contributed by atoms with E-state index in [1.54, 1.807) is 0 Å². The van der Waals surface area contributed by atoms with Crippen LogP contribution >= 0.6 is 0 Å². The van der Waals surface area contributed by atoms with E-state index in [1.807, 2.05) is 0 Å². The first kappa shape index (κ1) is 6.75. The largest absolute Gasteiger partial charge is 0.508 e. The first-order chi connectivity index (χ1) is 3.66. The highest BCUT2D eigenvalue weighted by atomic mass is 16.4. The summed E-state index contributed by atoms with van der Waals surface area (Å²) in [6, 6.07) is 0. The molecule has 0 spiro atoms. The molecule has 0 aromatic heterocycles. The minimum absolute atomic E-state index is 0.336. The Morgan fingerprint density at radius 3 is 2.12 bits per heavy atom. The van der Waals surface area contributed by atoms with Crippen LogP contribution < -0.4 is 0 Å². The van der Waals surface area contributed by atoms with Gasteiger partial charge in [0.25, 0.3) is 0 Å². The minimum atomic E-state index is -1.18. The molecule has 0 atom stereocenters. The van der Waals surface area contributed by atoms with Crippen LogP contribution in [0.15, 0.2) is 24.5 Å². The molecule has 0 aliphatic heterocycles. The van der Waals surface area contributed by atoms with E-state index in [2.05, 4.69) is 6.58 Å². The van der Waals surface area contributed by atoms with Gasteiger partial charge in [-0.3, -0.25) is 0 Å². The molecule has 0 aromatic rings. The standard InChI is InChI=1S/C5H6O3/c1-2-4(6)3-5(7)8/h2-3,6H,1H2,(H,7,8)/b4-3+. The van der Waals surface area contributed by atoms with Crippen molar-refractivity contribution in [2.75, 3.05) is 0 Å². The highest BCUT2D eigenvalue weighted by molar-refractivity contribution is 5.80. The van der Waals surface area contributed by atoms with E-state index in [0.717, 1.165) is 6.08 Å². The van der Waals surface area contributed by atoms with Crippen molar-refractivity contribution in [3.63, 3.8) is 0 Å². The van der Waals surface area contributed by atoms with Crippen LogP contribution in [0.4, 0.5) is 0 Å². The third-order valence-electron chi connectivity index (χ3n) is 0.480. The Labute approximate surface area is 46.6 Å². The van der Waals surface area contributed by atoms with Gasteiger partial charge in [0.05, 0.1) is 6.08 Å². The van der Waals surface area contributed by atoms with Crippen LogP contribution in [0.3, 0.4) is 0 Å². The van der Waals surface area contributed by atoms with Crippen molar-refractivity contribution in [1.82, 2.24) is 0 Å². The van der Waals surface area contributed by atoms with Crippen LogP contribution in [0, 0.1) is 0 Å². The first-order valence-electron chi connectivity index (χ1n) is 1.93. The Morgan fingerprint density at radius 1 is 1.50 bits per heavy atom. The Hall–Kier alpha value is -1.25. The average Bonchev–Trinajstić information content (AvgIpc) is 1.65. The van der Waals surface area contributed by atoms with Gasteiger partial charge in [0.1, 0.15) is 5.76 Å². The maximum Gasteiger partial charge on any atom is 0.332 e. The lowest BCUT2D eigenvalue weighted by Gasteiger charge is -1.82. The smallest absolute Gasteiger partial charge is 0.332 e. The molecule has 0 amide bonds. The summed E-state index contributed by atoms with van der Waals surface area (Å²) in [6.07, 6.45) is 1.71. The zero-order valence-electron chi connectivity index (χ0n) is 4.16. The molecule has 3 nitrogen and oxygen atoms in total. The summed E-state index contributed by atoms with van der Waals surface area (Å²) < 4.78 is 0. The van der Waals surface area contributed by atoms with Gasteiger partial charge in [-0.25, -0.2) is 4.79 Å². The number of carboxylic acid groups (broad SMARTS) is 1. The third kappa shape index (κ3) is 2.96. The van der Waals surface area contributed by atoms with Gasteiger partial charge in [-0.05, 0) is 6.08 Å². The number of aliphatic hydroxyl groups excluding tert-OH is 1. The van der Waals surface area contributed by atoms with Crippen LogP contribution in [0.1, 0.15) is 0 Å². The molecule has 0 aromatic carbocycles. The van der Waals surface area contributed by atoms with Crippen molar-refractivity contribution in [2.45, 2.75) is 0 Å². The fourth-order valence-corrected chi connectivity index (χ4v) is 0.185. The van der Waals surface area contributed by atoms with E-state index in [-0.39, 0.29) is 5.76 Å². The predicted octanol–water partition coefficient (Wildman–Crippen LogP) is 0.699. The van der Waals surface area contributed by atoms with Crippen molar-refractivity contribution in [2.24, 2.45) is 0 Å². The lowest BCUT2D eigenvalue weighted by Crippen LogP contribution is -1.88. The molecule has 3 heteroatoms. The molecule has 0 radical (unpaired) electrons. The summed E-state index contributed by atoms with van der Waals surface area (Å²) in [5.41, 5.74) is 0. The van der Waals surface area contributed by atoms with Crippen molar-refractivity contribution in [3.05, 3.63) is 24.5 Å². The quantitative estimate of drug-likeness (QED) is 0.315. The van der Waals surface area contributed by atoms with Crippen LogP contribution in [0.2, 0.25) is 0 Å². The van der Waals surface area contributed by atoms with Gasteiger partial charge in [0.2, 0.25) is 0 Å². The van der Waals surface area contributed by atoms with Gasteiger partial charge < -0.3 is 10.2 Å². The summed E-state index contributed by atoms with van der Waals surface area (Å²) in [5, 5.41) is 16.3. The van der Waals surface area contributed by atoms with Crippen molar-refractivity contribution >= 4 is 5.97 Å². The molecule has 0 saturated heterocycles. The van der Waals surface area contributed by atoms with E-state index in [0.29, 0.717) is 6.08 Å². The van der Waals surface area contributed by atoms with Gasteiger partial charge in [-0.2, -0.15) is 0 Å². The number of carboxylic acids is 1. The third-order valence-corrected chi connectivity index (χ3v) is 0.480. The fraction of sp³-hybridized carbons (Fsp3) is 0. The van der Waals surface area contributed by atoms with Gasteiger partial charge in [-0.15, -0.1) is 0 Å². The summed E-state index contributed by atoms with van der Waals surface area (Å²) >= 11 is 0. The molecule has 0 bridgehead atoms. The molecule has 0 aliphatic rings. The average molecular weight is 114 g/mol. The lowest BCUT2D eigenvalue weighted by atomic mass is 10.4. The maximum atomic E-state index is 9.68. The topological polar surface area (TPSA) is 57.5 Å². The highest BCUT2D eigenvalue weighted by Crippen LogP contribution is 1.85. The second-order valence-corrected chi connectivity index (χ2v) is 1.11. The molecule has 8 heavy (non-hydrogen) atoms. The second-order valence-electron chi connectivity index (χ2n) is 1.11. The van der Waals surface area contributed by atoms with E-state index >= 15 is 0 Å². The summed E-state index contributed by atoms with van der Waals surface area (Å²) in [4.78, 5) is 9.68. The molecule has 0 unspecified atom stereocenters. The monoisotopic (exact) mass is 114 g/mol. The summed E-state index contributed by atoms with van der Waals surface area (Å²) in [6.45, 7) is 3.13.